The zero-order chi connectivity index (χ0) is 21.2. The lowest BCUT2D eigenvalue weighted by Crippen LogP contribution is -2.18. The monoisotopic (exact) mass is 443 g/mol. The Morgan fingerprint density at radius 2 is 1.90 bits per heavy atom. The molecule has 2 aromatic heterocycles. The zero-order valence-electron chi connectivity index (χ0n) is 14.7. The minimum Gasteiger partial charge on any atom is -0.355 e. The van der Waals surface area contributed by atoms with Crippen molar-refractivity contribution in [3.8, 4) is 0 Å². The lowest BCUT2D eigenvalue weighted by Gasteiger charge is -2.09. The van der Waals surface area contributed by atoms with Crippen molar-refractivity contribution in [3.63, 3.8) is 0 Å². The summed E-state index contributed by atoms with van der Waals surface area (Å²) in [6.45, 7) is 0. The van der Waals surface area contributed by atoms with Crippen molar-refractivity contribution < 1.29 is 22.8 Å². The van der Waals surface area contributed by atoms with Gasteiger partial charge in [0.2, 0.25) is 5.91 Å². The highest BCUT2D eigenvalue weighted by atomic mass is 35.5. The summed E-state index contributed by atoms with van der Waals surface area (Å²) in [5.74, 6) is -0.780. The molecule has 1 aromatic carbocycles. The van der Waals surface area contributed by atoms with E-state index in [1.54, 1.807) is 24.3 Å². The van der Waals surface area contributed by atoms with Gasteiger partial charge in [-0.05, 0) is 30.3 Å². The standard InChI is InChI=1S/C17H13ClF3N5O2S/c1-22-15(28)9-2-4-11(5-3-9)23-13(27)8-29-16-25-24-14-12(18)6-10(7-26(14)16)17(19,20)21/h2-7H,8H2,1H3,(H,22,28)(H,23,27). The second-order valence-corrected chi connectivity index (χ2v) is 7.09. The van der Waals surface area contributed by atoms with Crippen LogP contribution in [0.3, 0.4) is 0 Å². The molecule has 0 radical (unpaired) electrons. The summed E-state index contributed by atoms with van der Waals surface area (Å²) in [5.41, 5.74) is 0.0218. The molecule has 2 heterocycles. The van der Waals surface area contributed by atoms with Crippen molar-refractivity contribution in [1.82, 2.24) is 19.9 Å². The number of alkyl halides is 3. The molecule has 0 atom stereocenters. The van der Waals surface area contributed by atoms with Gasteiger partial charge >= 0.3 is 6.18 Å². The molecular weight excluding hydrogens is 431 g/mol. The molecule has 3 aromatic rings. The van der Waals surface area contributed by atoms with Crippen LogP contribution in [0.2, 0.25) is 5.02 Å². The Morgan fingerprint density at radius 3 is 2.52 bits per heavy atom. The largest absolute Gasteiger partial charge is 0.417 e. The summed E-state index contributed by atoms with van der Waals surface area (Å²) in [6.07, 6.45) is -3.75. The SMILES string of the molecule is CNC(=O)c1ccc(NC(=O)CSc2nnc3c(Cl)cc(C(F)(F)F)cn23)cc1. The van der Waals surface area contributed by atoms with Crippen LogP contribution in [0.5, 0.6) is 0 Å². The van der Waals surface area contributed by atoms with Crippen LogP contribution in [0.4, 0.5) is 18.9 Å². The normalized spacial score (nSPS) is 11.5. The van der Waals surface area contributed by atoms with Crippen LogP contribution in [0.25, 0.3) is 5.65 Å². The number of amides is 2. The van der Waals surface area contributed by atoms with E-state index in [0.29, 0.717) is 11.3 Å². The number of thioether (sulfide) groups is 1. The molecule has 0 aliphatic rings. The summed E-state index contributed by atoms with van der Waals surface area (Å²) >= 11 is 6.77. The van der Waals surface area contributed by atoms with E-state index in [1.807, 2.05) is 0 Å². The molecule has 3 rings (SSSR count). The predicted molar refractivity (Wildman–Crippen MR) is 102 cm³/mol. The third-order valence-electron chi connectivity index (χ3n) is 3.75. The third-order valence-corrected chi connectivity index (χ3v) is 4.97. The maximum absolute atomic E-state index is 13.0. The number of anilines is 1. The molecule has 7 nitrogen and oxygen atoms in total. The number of nitrogens with one attached hydrogen (secondary N) is 2. The number of hydrogen-bond acceptors (Lipinski definition) is 5. The fourth-order valence-electron chi connectivity index (χ4n) is 2.36. The molecule has 152 valence electrons. The topological polar surface area (TPSA) is 88.4 Å². The van der Waals surface area contributed by atoms with Crippen LogP contribution in [-0.2, 0) is 11.0 Å². The lowest BCUT2D eigenvalue weighted by atomic mass is 10.2. The first-order valence-electron chi connectivity index (χ1n) is 8.05. The summed E-state index contributed by atoms with van der Waals surface area (Å²) in [4.78, 5) is 23.6. The Morgan fingerprint density at radius 1 is 1.21 bits per heavy atom. The van der Waals surface area contributed by atoms with Gasteiger partial charge in [0.1, 0.15) is 0 Å². The molecule has 0 saturated heterocycles. The van der Waals surface area contributed by atoms with Gasteiger partial charge in [0, 0.05) is 24.5 Å². The Hall–Kier alpha value is -2.79. The van der Waals surface area contributed by atoms with E-state index in [2.05, 4.69) is 20.8 Å². The van der Waals surface area contributed by atoms with Crippen molar-refractivity contribution in [3.05, 3.63) is 52.7 Å². The summed E-state index contributed by atoms with van der Waals surface area (Å²) in [5, 5.41) is 12.6. The molecule has 0 aliphatic heterocycles. The second-order valence-electron chi connectivity index (χ2n) is 5.74. The summed E-state index contributed by atoms with van der Waals surface area (Å²) in [6, 6.07) is 7.00. The number of carbonyl (C=O) groups excluding carboxylic acids is 2. The lowest BCUT2D eigenvalue weighted by molar-refractivity contribution is -0.137. The van der Waals surface area contributed by atoms with Gasteiger partial charge in [-0.25, -0.2) is 0 Å². The number of rotatable bonds is 5. The second kappa shape index (κ2) is 8.29. The highest BCUT2D eigenvalue weighted by Gasteiger charge is 2.32. The molecule has 2 amide bonds. The van der Waals surface area contributed by atoms with E-state index in [1.165, 1.54) is 7.05 Å². The number of halogens is 4. The van der Waals surface area contributed by atoms with Crippen LogP contribution in [0, 0.1) is 0 Å². The Bertz CT molecular complexity index is 1070. The molecule has 0 fully saturated rings. The Balaban J connectivity index is 1.69. The first-order chi connectivity index (χ1) is 13.7. The first-order valence-corrected chi connectivity index (χ1v) is 9.41. The molecule has 2 N–H and O–H groups in total. The van der Waals surface area contributed by atoms with Crippen LogP contribution in [-0.4, -0.2) is 39.2 Å². The van der Waals surface area contributed by atoms with Crippen LogP contribution < -0.4 is 10.6 Å². The quantitative estimate of drug-likeness (QED) is 0.589. The van der Waals surface area contributed by atoms with E-state index in [-0.39, 0.29) is 27.5 Å². The first kappa shape index (κ1) is 20.9. The number of nitrogens with zero attached hydrogens (tertiary/aromatic N) is 3. The average molecular weight is 444 g/mol. The van der Waals surface area contributed by atoms with Gasteiger partial charge in [-0.1, -0.05) is 23.4 Å². The smallest absolute Gasteiger partial charge is 0.355 e. The van der Waals surface area contributed by atoms with Gasteiger partial charge in [-0.3, -0.25) is 14.0 Å². The number of benzene rings is 1. The maximum Gasteiger partial charge on any atom is 0.417 e. The van der Waals surface area contributed by atoms with Gasteiger partial charge in [-0.2, -0.15) is 13.2 Å². The molecule has 29 heavy (non-hydrogen) atoms. The summed E-state index contributed by atoms with van der Waals surface area (Å²) < 4.78 is 40.0. The molecule has 0 saturated carbocycles. The van der Waals surface area contributed by atoms with Crippen molar-refractivity contribution in [2.75, 3.05) is 18.1 Å². The fraction of sp³-hybridized carbons (Fsp3) is 0.176. The van der Waals surface area contributed by atoms with E-state index in [4.69, 9.17) is 11.6 Å². The third kappa shape index (κ3) is 4.80. The zero-order valence-corrected chi connectivity index (χ0v) is 16.3. The molecule has 0 aliphatic carbocycles. The Labute approximate surface area is 171 Å². The fourth-order valence-corrected chi connectivity index (χ4v) is 3.32. The van der Waals surface area contributed by atoms with E-state index in [9.17, 15) is 22.8 Å². The number of hydrogen-bond donors (Lipinski definition) is 2. The minimum atomic E-state index is -4.58. The van der Waals surface area contributed by atoms with Gasteiger partial charge in [0.15, 0.2) is 10.8 Å². The highest BCUT2D eigenvalue weighted by Crippen LogP contribution is 2.33. The number of pyridine rings is 1. The molecule has 12 heteroatoms. The van der Waals surface area contributed by atoms with Gasteiger partial charge in [0.25, 0.3) is 5.91 Å². The van der Waals surface area contributed by atoms with Crippen LogP contribution in [0.1, 0.15) is 15.9 Å². The Kier molecular flexibility index (Phi) is 5.99. The van der Waals surface area contributed by atoms with Crippen LogP contribution in [0.15, 0.2) is 41.7 Å². The minimum absolute atomic E-state index is 0.0624. The number of fused-ring (bicyclic) bond motifs is 1. The van der Waals surface area contributed by atoms with Crippen molar-refractivity contribution in [2.45, 2.75) is 11.3 Å². The van der Waals surface area contributed by atoms with Gasteiger partial charge < -0.3 is 10.6 Å². The van der Waals surface area contributed by atoms with Crippen molar-refractivity contribution in [2.24, 2.45) is 0 Å². The maximum atomic E-state index is 13.0. The van der Waals surface area contributed by atoms with Crippen molar-refractivity contribution in [1.29, 1.82) is 0 Å². The van der Waals surface area contributed by atoms with E-state index < -0.39 is 17.6 Å². The molecule has 0 unspecified atom stereocenters. The van der Waals surface area contributed by atoms with Crippen molar-refractivity contribution >= 4 is 46.5 Å². The predicted octanol–water partition coefficient (Wildman–Crippen LogP) is 3.49. The van der Waals surface area contributed by atoms with E-state index in [0.717, 1.165) is 28.4 Å². The number of carbonyl (C=O) groups is 2. The highest BCUT2D eigenvalue weighted by molar-refractivity contribution is 7.99. The molecular formula is C17H13ClF3N5O2S. The summed E-state index contributed by atoms with van der Waals surface area (Å²) in [7, 11) is 1.51. The molecule has 0 spiro atoms. The average Bonchev–Trinajstić information content (AvgIpc) is 3.09. The number of aromatic nitrogens is 3. The van der Waals surface area contributed by atoms with E-state index >= 15 is 0 Å². The molecule has 0 bridgehead atoms. The van der Waals surface area contributed by atoms with Crippen LogP contribution >= 0.6 is 23.4 Å². The van der Waals surface area contributed by atoms with Gasteiger partial charge in [0.05, 0.1) is 16.3 Å². The van der Waals surface area contributed by atoms with Gasteiger partial charge in [-0.15, -0.1) is 10.2 Å².